The van der Waals surface area contributed by atoms with Gasteiger partial charge in [0.05, 0.1) is 11.8 Å². The Morgan fingerprint density at radius 2 is 2.00 bits per heavy atom. The normalized spacial score (nSPS) is 16.2. The summed E-state index contributed by atoms with van der Waals surface area (Å²) >= 11 is 0. The second-order valence-electron chi connectivity index (χ2n) is 4.51. The van der Waals surface area contributed by atoms with Crippen molar-refractivity contribution in [1.29, 1.82) is 0 Å². The molecule has 2 heterocycles. The van der Waals surface area contributed by atoms with Crippen LogP contribution in [0.15, 0.2) is 12.3 Å². The highest BCUT2D eigenvalue weighted by Crippen LogP contribution is 2.18. The van der Waals surface area contributed by atoms with Crippen LogP contribution in [0, 0.1) is 5.82 Å². The number of nitrogens with one attached hydrogen (secondary N) is 1. The molecule has 4 nitrogen and oxygen atoms in total. The van der Waals surface area contributed by atoms with Gasteiger partial charge in [-0.25, -0.2) is 9.37 Å². The second-order valence-corrected chi connectivity index (χ2v) is 4.51. The van der Waals surface area contributed by atoms with Crippen LogP contribution in [0.5, 0.6) is 0 Å². The van der Waals surface area contributed by atoms with Gasteiger partial charge in [-0.3, -0.25) is 4.79 Å². The van der Waals surface area contributed by atoms with Gasteiger partial charge in [0.15, 0.2) is 0 Å². The van der Waals surface area contributed by atoms with E-state index in [2.05, 4.69) is 10.3 Å². The maximum Gasteiger partial charge on any atom is 0.257 e. The lowest BCUT2D eigenvalue weighted by Crippen LogP contribution is -2.32. The molecule has 1 fully saturated rings. The highest BCUT2D eigenvalue weighted by Gasteiger charge is 2.21. The van der Waals surface area contributed by atoms with Gasteiger partial charge in [-0.1, -0.05) is 12.8 Å². The predicted octanol–water partition coefficient (Wildman–Crippen LogP) is 2.28. The van der Waals surface area contributed by atoms with Crippen LogP contribution in [0.4, 0.5) is 10.2 Å². The number of carbonyl (C=O) groups excluding carboxylic acids is 1. The SMILES string of the molecule is CNc1ncc(F)cc1C(=O)N1CCCCCC1. The molecule has 0 atom stereocenters. The summed E-state index contributed by atoms with van der Waals surface area (Å²) in [4.78, 5) is 18.1. The first-order valence-electron chi connectivity index (χ1n) is 6.35. The lowest BCUT2D eigenvalue weighted by molar-refractivity contribution is 0.0761. The Labute approximate surface area is 106 Å². The average molecular weight is 251 g/mol. The lowest BCUT2D eigenvalue weighted by Gasteiger charge is -2.21. The number of rotatable bonds is 2. The van der Waals surface area contributed by atoms with E-state index < -0.39 is 5.82 Å². The summed E-state index contributed by atoms with van der Waals surface area (Å²) in [5, 5.41) is 2.83. The number of anilines is 1. The Morgan fingerprint density at radius 3 is 2.61 bits per heavy atom. The molecule has 1 aromatic heterocycles. The Morgan fingerprint density at radius 1 is 1.33 bits per heavy atom. The summed E-state index contributed by atoms with van der Waals surface area (Å²) in [5.41, 5.74) is 0.319. The molecule has 1 aliphatic heterocycles. The maximum atomic E-state index is 13.2. The molecule has 0 bridgehead atoms. The number of carbonyl (C=O) groups is 1. The average Bonchev–Trinajstić information content (AvgIpc) is 2.66. The summed E-state index contributed by atoms with van der Waals surface area (Å²) in [7, 11) is 1.68. The van der Waals surface area contributed by atoms with Crippen molar-refractivity contribution in [3.8, 4) is 0 Å². The monoisotopic (exact) mass is 251 g/mol. The molecular weight excluding hydrogens is 233 g/mol. The molecule has 1 aliphatic rings. The van der Waals surface area contributed by atoms with Crippen LogP contribution in [0.3, 0.4) is 0 Å². The van der Waals surface area contributed by atoms with E-state index in [4.69, 9.17) is 0 Å². The minimum atomic E-state index is -0.479. The Balaban J connectivity index is 2.23. The van der Waals surface area contributed by atoms with Crippen molar-refractivity contribution in [2.45, 2.75) is 25.7 Å². The van der Waals surface area contributed by atoms with Gasteiger partial charge in [0.2, 0.25) is 0 Å². The minimum Gasteiger partial charge on any atom is -0.372 e. The standard InChI is InChI=1S/C13H18FN3O/c1-15-12-11(8-10(14)9-16-12)13(18)17-6-4-2-3-5-7-17/h8-9H,2-7H2,1H3,(H,15,16). The first-order chi connectivity index (χ1) is 8.72. The first kappa shape index (κ1) is 12.8. The van der Waals surface area contributed by atoms with Gasteiger partial charge in [-0.2, -0.15) is 0 Å². The van der Waals surface area contributed by atoms with E-state index in [1.165, 1.54) is 6.07 Å². The van der Waals surface area contributed by atoms with Crippen molar-refractivity contribution in [3.05, 3.63) is 23.6 Å². The maximum absolute atomic E-state index is 13.2. The summed E-state index contributed by atoms with van der Waals surface area (Å²) in [6.45, 7) is 1.50. The molecule has 0 aliphatic carbocycles. The number of hydrogen-bond donors (Lipinski definition) is 1. The molecule has 0 radical (unpaired) electrons. The van der Waals surface area contributed by atoms with E-state index in [-0.39, 0.29) is 5.91 Å². The summed E-state index contributed by atoms with van der Waals surface area (Å²) in [6, 6.07) is 1.26. The molecule has 0 aromatic carbocycles. The number of aromatic nitrogens is 1. The molecule has 0 unspecified atom stereocenters. The number of pyridine rings is 1. The second kappa shape index (κ2) is 5.80. The van der Waals surface area contributed by atoms with E-state index in [9.17, 15) is 9.18 Å². The van der Waals surface area contributed by atoms with Crippen molar-refractivity contribution in [2.75, 3.05) is 25.5 Å². The van der Waals surface area contributed by atoms with E-state index in [1.807, 2.05) is 0 Å². The van der Waals surface area contributed by atoms with Gasteiger partial charge in [-0.05, 0) is 18.9 Å². The van der Waals surface area contributed by atoms with Crippen LogP contribution < -0.4 is 5.32 Å². The van der Waals surface area contributed by atoms with E-state index in [0.717, 1.165) is 45.0 Å². The molecule has 0 spiro atoms. The number of halogens is 1. The number of hydrogen-bond acceptors (Lipinski definition) is 3. The van der Waals surface area contributed by atoms with Crippen LogP contribution in [0.1, 0.15) is 36.0 Å². The third-order valence-corrected chi connectivity index (χ3v) is 3.21. The summed E-state index contributed by atoms with van der Waals surface area (Å²) in [5.74, 6) is -0.175. The molecule has 1 amide bonds. The van der Waals surface area contributed by atoms with Gasteiger partial charge < -0.3 is 10.2 Å². The highest BCUT2D eigenvalue weighted by molar-refractivity contribution is 5.98. The number of nitrogens with zero attached hydrogens (tertiary/aromatic N) is 2. The third-order valence-electron chi connectivity index (χ3n) is 3.21. The van der Waals surface area contributed by atoms with Gasteiger partial charge in [-0.15, -0.1) is 0 Å². The fraction of sp³-hybridized carbons (Fsp3) is 0.538. The fourth-order valence-electron chi connectivity index (χ4n) is 2.25. The summed E-state index contributed by atoms with van der Waals surface area (Å²) in [6.07, 6.45) is 5.46. The van der Waals surface area contributed by atoms with Gasteiger partial charge in [0.1, 0.15) is 11.6 Å². The van der Waals surface area contributed by atoms with E-state index in [0.29, 0.717) is 11.4 Å². The molecule has 2 rings (SSSR count). The van der Waals surface area contributed by atoms with Crippen molar-refractivity contribution < 1.29 is 9.18 Å². The number of likely N-dealkylation sites (tertiary alicyclic amines) is 1. The Kier molecular flexibility index (Phi) is 4.12. The topological polar surface area (TPSA) is 45.2 Å². The van der Waals surface area contributed by atoms with E-state index in [1.54, 1.807) is 11.9 Å². The molecule has 18 heavy (non-hydrogen) atoms. The molecule has 5 heteroatoms. The Bertz CT molecular complexity index is 428. The third kappa shape index (κ3) is 2.78. The summed E-state index contributed by atoms with van der Waals surface area (Å²) < 4.78 is 13.2. The lowest BCUT2D eigenvalue weighted by atomic mass is 10.2. The Hall–Kier alpha value is -1.65. The van der Waals surface area contributed by atoms with Crippen molar-refractivity contribution in [3.63, 3.8) is 0 Å². The van der Waals surface area contributed by atoms with Crippen molar-refractivity contribution in [1.82, 2.24) is 9.88 Å². The number of amides is 1. The first-order valence-corrected chi connectivity index (χ1v) is 6.35. The van der Waals surface area contributed by atoms with Gasteiger partial charge in [0.25, 0.3) is 5.91 Å². The fourth-order valence-corrected chi connectivity index (χ4v) is 2.25. The van der Waals surface area contributed by atoms with Crippen LogP contribution in [0.25, 0.3) is 0 Å². The zero-order valence-electron chi connectivity index (χ0n) is 10.6. The molecule has 1 N–H and O–H groups in total. The van der Waals surface area contributed by atoms with Crippen LogP contribution in [-0.4, -0.2) is 35.9 Å². The smallest absolute Gasteiger partial charge is 0.257 e. The quantitative estimate of drug-likeness (QED) is 0.877. The van der Waals surface area contributed by atoms with Crippen LogP contribution >= 0.6 is 0 Å². The molecule has 98 valence electrons. The van der Waals surface area contributed by atoms with Crippen LogP contribution in [0.2, 0.25) is 0 Å². The minimum absolute atomic E-state index is 0.131. The molecule has 1 aromatic rings. The van der Waals surface area contributed by atoms with Crippen molar-refractivity contribution in [2.24, 2.45) is 0 Å². The van der Waals surface area contributed by atoms with Gasteiger partial charge >= 0.3 is 0 Å². The van der Waals surface area contributed by atoms with E-state index >= 15 is 0 Å². The zero-order valence-corrected chi connectivity index (χ0v) is 10.6. The molecular formula is C13H18FN3O. The zero-order chi connectivity index (χ0) is 13.0. The molecule has 1 saturated heterocycles. The molecule has 0 saturated carbocycles. The van der Waals surface area contributed by atoms with Crippen molar-refractivity contribution >= 4 is 11.7 Å². The largest absolute Gasteiger partial charge is 0.372 e. The predicted molar refractivity (Wildman–Crippen MR) is 68.1 cm³/mol. The van der Waals surface area contributed by atoms with Gasteiger partial charge in [0, 0.05) is 20.1 Å². The van der Waals surface area contributed by atoms with Crippen LogP contribution in [-0.2, 0) is 0 Å². The highest BCUT2D eigenvalue weighted by atomic mass is 19.1.